The molecule has 1 atom stereocenters. The molecule has 7 heteroatoms. The van der Waals surface area contributed by atoms with Crippen molar-refractivity contribution in [2.75, 3.05) is 13.2 Å². The third kappa shape index (κ3) is 4.80. The van der Waals surface area contributed by atoms with E-state index in [-0.39, 0.29) is 12.0 Å². The SMILES string of the molecule is Cc1cccc(C(=O)Oc2ccc(/C=C3\SC(=S)N(CC4CCCO4)C3=O)cc2)c1. The molecule has 1 unspecified atom stereocenters. The van der Waals surface area contributed by atoms with Crippen LogP contribution in [0.1, 0.15) is 34.3 Å². The summed E-state index contributed by atoms with van der Waals surface area (Å²) in [5, 5.41) is 0. The normalized spacial score (nSPS) is 20.2. The summed E-state index contributed by atoms with van der Waals surface area (Å²) in [6, 6.07) is 14.3. The lowest BCUT2D eigenvalue weighted by molar-refractivity contribution is -0.123. The molecule has 2 saturated heterocycles. The van der Waals surface area contributed by atoms with Crippen molar-refractivity contribution in [2.24, 2.45) is 0 Å². The van der Waals surface area contributed by atoms with Crippen LogP contribution in [0.2, 0.25) is 0 Å². The first-order valence-corrected chi connectivity index (χ1v) is 11.0. The van der Waals surface area contributed by atoms with E-state index in [0.29, 0.717) is 27.1 Å². The summed E-state index contributed by atoms with van der Waals surface area (Å²) in [6.45, 7) is 3.18. The number of esters is 1. The minimum Gasteiger partial charge on any atom is -0.423 e. The van der Waals surface area contributed by atoms with Crippen LogP contribution >= 0.6 is 24.0 Å². The monoisotopic (exact) mass is 439 g/mol. The molecule has 1 amide bonds. The minimum absolute atomic E-state index is 0.0641. The van der Waals surface area contributed by atoms with Crippen molar-refractivity contribution in [3.05, 3.63) is 70.1 Å². The highest BCUT2D eigenvalue weighted by molar-refractivity contribution is 8.26. The van der Waals surface area contributed by atoms with E-state index in [9.17, 15) is 9.59 Å². The first-order chi connectivity index (χ1) is 14.5. The molecular weight excluding hydrogens is 418 g/mol. The summed E-state index contributed by atoms with van der Waals surface area (Å²) < 4.78 is 11.6. The van der Waals surface area contributed by atoms with Crippen molar-refractivity contribution in [2.45, 2.75) is 25.9 Å². The number of carbonyl (C=O) groups excluding carboxylic acids is 2. The number of benzene rings is 2. The fraction of sp³-hybridized carbons (Fsp3) is 0.261. The molecule has 2 aromatic carbocycles. The van der Waals surface area contributed by atoms with Crippen molar-refractivity contribution in [3.63, 3.8) is 0 Å². The molecule has 0 bridgehead atoms. The standard InChI is InChI=1S/C23H21NO4S2/c1-15-4-2-5-17(12-15)22(26)28-18-9-7-16(8-10-18)13-20-21(25)24(23(29)30-20)14-19-6-3-11-27-19/h2,4-5,7-10,12-13,19H,3,6,11,14H2,1H3/b20-13-. The smallest absolute Gasteiger partial charge is 0.343 e. The zero-order valence-electron chi connectivity index (χ0n) is 16.5. The highest BCUT2D eigenvalue weighted by Gasteiger charge is 2.34. The molecule has 4 rings (SSSR count). The second-order valence-corrected chi connectivity index (χ2v) is 8.93. The highest BCUT2D eigenvalue weighted by Crippen LogP contribution is 2.33. The van der Waals surface area contributed by atoms with Crippen LogP contribution in [0.5, 0.6) is 5.75 Å². The van der Waals surface area contributed by atoms with Crippen molar-refractivity contribution in [3.8, 4) is 5.75 Å². The average molecular weight is 440 g/mol. The third-order valence-corrected chi connectivity index (χ3v) is 6.30. The van der Waals surface area contributed by atoms with Gasteiger partial charge in [-0.1, -0.05) is 53.8 Å². The largest absolute Gasteiger partial charge is 0.423 e. The van der Waals surface area contributed by atoms with Crippen LogP contribution in [0, 0.1) is 6.92 Å². The lowest BCUT2D eigenvalue weighted by Gasteiger charge is -2.18. The Morgan fingerprint density at radius 2 is 2.10 bits per heavy atom. The molecule has 5 nitrogen and oxygen atoms in total. The van der Waals surface area contributed by atoms with E-state index >= 15 is 0 Å². The van der Waals surface area contributed by atoms with Gasteiger partial charge in [-0.2, -0.15) is 0 Å². The molecular formula is C23H21NO4S2. The molecule has 0 aliphatic carbocycles. The van der Waals surface area contributed by atoms with Gasteiger partial charge in [0.15, 0.2) is 0 Å². The first-order valence-electron chi connectivity index (χ1n) is 9.75. The lowest BCUT2D eigenvalue weighted by Crippen LogP contribution is -2.35. The van der Waals surface area contributed by atoms with Gasteiger partial charge in [0.25, 0.3) is 5.91 Å². The number of carbonyl (C=O) groups is 2. The summed E-state index contributed by atoms with van der Waals surface area (Å²) in [4.78, 5) is 27.2. The second-order valence-electron chi connectivity index (χ2n) is 7.26. The molecule has 0 saturated carbocycles. The molecule has 2 aliphatic rings. The molecule has 30 heavy (non-hydrogen) atoms. The predicted molar refractivity (Wildman–Crippen MR) is 121 cm³/mol. The number of thioether (sulfide) groups is 1. The number of ether oxygens (including phenoxy) is 2. The molecule has 0 N–H and O–H groups in total. The number of hydrogen-bond donors (Lipinski definition) is 0. The Morgan fingerprint density at radius 1 is 1.30 bits per heavy atom. The summed E-state index contributed by atoms with van der Waals surface area (Å²) >= 11 is 6.68. The van der Waals surface area contributed by atoms with Crippen molar-refractivity contribution in [1.82, 2.24) is 4.90 Å². The quantitative estimate of drug-likeness (QED) is 0.294. The van der Waals surface area contributed by atoms with E-state index in [1.165, 1.54) is 11.8 Å². The van der Waals surface area contributed by atoms with Crippen LogP contribution in [-0.4, -0.2) is 40.4 Å². The van der Waals surface area contributed by atoms with Crippen LogP contribution in [-0.2, 0) is 9.53 Å². The fourth-order valence-corrected chi connectivity index (χ4v) is 4.65. The highest BCUT2D eigenvalue weighted by atomic mass is 32.2. The summed E-state index contributed by atoms with van der Waals surface area (Å²) in [5.41, 5.74) is 2.34. The Morgan fingerprint density at radius 3 is 2.80 bits per heavy atom. The van der Waals surface area contributed by atoms with Gasteiger partial charge < -0.3 is 9.47 Å². The van der Waals surface area contributed by atoms with Gasteiger partial charge in [0.1, 0.15) is 10.1 Å². The minimum atomic E-state index is -0.401. The van der Waals surface area contributed by atoms with Gasteiger partial charge in [0, 0.05) is 6.61 Å². The Balaban J connectivity index is 1.41. The van der Waals surface area contributed by atoms with E-state index in [4.69, 9.17) is 21.7 Å². The number of rotatable bonds is 5. The van der Waals surface area contributed by atoms with Crippen LogP contribution in [0.4, 0.5) is 0 Å². The van der Waals surface area contributed by atoms with Gasteiger partial charge in [-0.15, -0.1) is 0 Å². The van der Waals surface area contributed by atoms with Crippen LogP contribution in [0.25, 0.3) is 6.08 Å². The zero-order chi connectivity index (χ0) is 21.1. The summed E-state index contributed by atoms with van der Waals surface area (Å²) in [6.07, 6.45) is 3.85. The topological polar surface area (TPSA) is 55.8 Å². The van der Waals surface area contributed by atoms with Crippen LogP contribution < -0.4 is 4.74 Å². The Kier molecular flexibility index (Phi) is 6.32. The molecule has 0 radical (unpaired) electrons. The summed E-state index contributed by atoms with van der Waals surface area (Å²) in [7, 11) is 0. The maximum atomic E-state index is 12.7. The first kappa shape index (κ1) is 20.8. The number of amides is 1. The van der Waals surface area contributed by atoms with Crippen molar-refractivity contribution >= 4 is 46.3 Å². The van der Waals surface area contributed by atoms with E-state index in [0.717, 1.165) is 30.6 Å². The van der Waals surface area contributed by atoms with Gasteiger partial charge in [0.2, 0.25) is 0 Å². The van der Waals surface area contributed by atoms with Gasteiger partial charge in [-0.25, -0.2) is 4.79 Å². The van der Waals surface area contributed by atoms with Crippen LogP contribution in [0.3, 0.4) is 0 Å². The van der Waals surface area contributed by atoms with Crippen LogP contribution in [0.15, 0.2) is 53.4 Å². The van der Waals surface area contributed by atoms with Gasteiger partial charge >= 0.3 is 5.97 Å². The molecule has 2 heterocycles. The van der Waals surface area contributed by atoms with Crippen molar-refractivity contribution < 1.29 is 19.1 Å². The lowest BCUT2D eigenvalue weighted by atomic mass is 10.1. The van der Waals surface area contributed by atoms with E-state index in [1.54, 1.807) is 35.2 Å². The molecule has 0 spiro atoms. The third-order valence-electron chi connectivity index (χ3n) is 4.93. The van der Waals surface area contributed by atoms with Gasteiger partial charge in [-0.3, -0.25) is 9.69 Å². The number of aryl methyl sites for hydroxylation is 1. The molecule has 0 aromatic heterocycles. The fourth-order valence-electron chi connectivity index (χ4n) is 3.37. The van der Waals surface area contributed by atoms with E-state index < -0.39 is 5.97 Å². The predicted octanol–water partition coefficient (Wildman–Crippen LogP) is 4.59. The number of nitrogens with zero attached hydrogens (tertiary/aromatic N) is 1. The summed E-state index contributed by atoms with van der Waals surface area (Å²) in [5.74, 6) is -0.0403. The second kappa shape index (κ2) is 9.12. The Bertz CT molecular complexity index is 1010. The number of thiocarbonyl (C=S) groups is 1. The average Bonchev–Trinajstić information content (AvgIpc) is 3.34. The van der Waals surface area contributed by atoms with Gasteiger partial charge in [-0.05, 0) is 55.7 Å². The number of hydrogen-bond acceptors (Lipinski definition) is 6. The maximum Gasteiger partial charge on any atom is 0.343 e. The molecule has 2 fully saturated rings. The molecule has 2 aliphatic heterocycles. The Hall–Kier alpha value is -2.48. The van der Waals surface area contributed by atoms with E-state index in [1.807, 2.05) is 31.2 Å². The Labute approximate surface area is 185 Å². The molecule has 2 aromatic rings. The van der Waals surface area contributed by atoms with E-state index in [2.05, 4.69) is 0 Å². The molecule has 154 valence electrons. The van der Waals surface area contributed by atoms with Crippen molar-refractivity contribution in [1.29, 1.82) is 0 Å². The van der Waals surface area contributed by atoms with Gasteiger partial charge in [0.05, 0.1) is 23.1 Å². The zero-order valence-corrected chi connectivity index (χ0v) is 18.1. The maximum absolute atomic E-state index is 12.7.